The van der Waals surface area contributed by atoms with Crippen molar-refractivity contribution in [2.45, 2.75) is 19.8 Å². The molecule has 3 heterocycles. The van der Waals surface area contributed by atoms with E-state index in [4.69, 9.17) is 0 Å². The molecule has 0 saturated heterocycles. The summed E-state index contributed by atoms with van der Waals surface area (Å²) in [6.07, 6.45) is 1.36. The number of nitrogens with zero attached hydrogens (tertiary/aromatic N) is 2. The molecular weight excluding hydrogens is 356 g/mol. The van der Waals surface area contributed by atoms with E-state index in [-0.39, 0.29) is 5.91 Å². The van der Waals surface area contributed by atoms with Crippen LogP contribution in [0.2, 0.25) is 0 Å². The smallest absolute Gasteiger partial charge is 0.230 e. The third-order valence-electron chi connectivity index (χ3n) is 5.18. The number of thioether (sulfide) groups is 1. The summed E-state index contributed by atoms with van der Waals surface area (Å²) in [5.41, 5.74) is 5.40. The number of para-hydroxylation sites is 1. The zero-order valence-corrected chi connectivity index (χ0v) is 15.9. The Balaban J connectivity index is 1.38. The molecule has 6 heteroatoms. The second-order valence-corrected chi connectivity index (χ2v) is 7.68. The lowest BCUT2D eigenvalue weighted by atomic mass is 10.1. The van der Waals surface area contributed by atoms with Crippen molar-refractivity contribution in [1.29, 1.82) is 0 Å². The summed E-state index contributed by atoms with van der Waals surface area (Å²) >= 11 is 1.61. The highest BCUT2D eigenvalue weighted by molar-refractivity contribution is 8.16. The van der Waals surface area contributed by atoms with E-state index in [0.29, 0.717) is 6.42 Å². The van der Waals surface area contributed by atoms with Gasteiger partial charge in [0.1, 0.15) is 0 Å². The standard InChI is InChI=1S/C21H20N4OS/c1-2-13-4-3-5-17-16-7-6-14(10-18(16)24-20(13)17)23-19(26)11-15-12-27-21-22-8-9-25(15)21/h3-7,10,12,24H,2,8-9,11H2,1H3,(H,23,26). The van der Waals surface area contributed by atoms with Gasteiger partial charge in [0.05, 0.1) is 13.0 Å². The predicted molar refractivity (Wildman–Crippen MR) is 113 cm³/mol. The second-order valence-electron chi connectivity index (χ2n) is 6.85. The minimum absolute atomic E-state index is 0.000270. The van der Waals surface area contributed by atoms with Crippen molar-refractivity contribution in [3.63, 3.8) is 0 Å². The maximum absolute atomic E-state index is 12.5. The van der Waals surface area contributed by atoms with Crippen molar-refractivity contribution in [2.75, 3.05) is 18.4 Å². The first-order valence-corrected chi connectivity index (χ1v) is 10.1. The molecule has 3 aromatic rings. The van der Waals surface area contributed by atoms with Crippen LogP contribution in [0.5, 0.6) is 0 Å². The lowest BCUT2D eigenvalue weighted by Gasteiger charge is -2.16. The molecular formula is C21H20N4OS. The van der Waals surface area contributed by atoms with E-state index in [1.807, 2.05) is 17.5 Å². The molecule has 2 aliphatic rings. The number of aromatic nitrogens is 1. The van der Waals surface area contributed by atoms with E-state index >= 15 is 0 Å². The van der Waals surface area contributed by atoms with Crippen LogP contribution in [0.3, 0.4) is 0 Å². The van der Waals surface area contributed by atoms with Gasteiger partial charge in [-0.15, -0.1) is 0 Å². The Morgan fingerprint density at radius 1 is 1.30 bits per heavy atom. The van der Waals surface area contributed by atoms with Gasteiger partial charge in [0.2, 0.25) is 5.91 Å². The van der Waals surface area contributed by atoms with Gasteiger partial charge < -0.3 is 15.2 Å². The van der Waals surface area contributed by atoms with Gasteiger partial charge in [-0.05, 0) is 29.5 Å². The lowest BCUT2D eigenvalue weighted by Crippen LogP contribution is -2.24. The minimum atomic E-state index is -0.000270. The maximum atomic E-state index is 12.5. The molecule has 0 radical (unpaired) electrons. The molecule has 1 amide bonds. The molecule has 2 aromatic carbocycles. The molecule has 2 N–H and O–H groups in total. The molecule has 1 aromatic heterocycles. The summed E-state index contributed by atoms with van der Waals surface area (Å²) in [6, 6.07) is 12.5. The first kappa shape index (κ1) is 16.4. The molecule has 0 spiro atoms. The fraction of sp³-hybridized carbons (Fsp3) is 0.238. The van der Waals surface area contributed by atoms with Gasteiger partial charge in [-0.3, -0.25) is 9.79 Å². The summed E-state index contributed by atoms with van der Waals surface area (Å²) in [7, 11) is 0. The number of amides is 1. The van der Waals surface area contributed by atoms with Gasteiger partial charge >= 0.3 is 0 Å². The number of anilines is 1. The average molecular weight is 376 g/mol. The number of hydrogen-bond acceptors (Lipinski definition) is 4. The summed E-state index contributed by atoms with van der Waals surface area (Å²) in [4.78, 5) is 22.6. The van der Waals surface area contributed by atoms with Crippen molar-refractivity contribution >= 4 is 50.3 Å². The van der Waals surface area contributed by atoms with Crippen LogP contribution in [-0.4, -0.2) is 34.0 Å². The van der Waals surface area contributed by atoms with Crippen molar-refractivity contribution in [2.24, 2.45) is 4.99 Å². The van der Waals surface area contributed by atoms with Gasteiger partial charge in [-0.25, -0.2) is 0 Å². The number of amidine groups is 1. The molecule has 5 nitrogen and oxygen atoms in total. The number of carbonyl (C=O) groups excluding carboxylic acids is 1. The van der Waals surface area contributed by atoms with Gasteiger partial charge in [0.15, 0.2) is 5.17 Å². The molecule has 0 bridgehead atoms. The molecule has 0 fully saturated rings. The second kappa shape index (κ2) is 6.46. The van der Waals surface area contributed by atoms with Gasteiger partial charge in [0.25, 0.3) is 0 Å². The number of nitrogens with one attached hydrogen (secondary N) is 2. The Hall–Kier alpha value is -2.73. The monoisotopic (exact) mass is 376 g/mol. The summed E-state index contributed by atoms with van der Waals surface area (Å²) in [5, 5.41) is 8.51. The molecule has 0 unspecified atom stereocenters. The molecule has 5 rings (SSSR count). The Bertz CT molecular complexity index is 1130. The topological polar surface area (TPSA) is 60.5 Å². The maximum Gasteiger partial charge on any atom is 0.230 e. The van der Waals surface area contributed by atoms with Crippen molar-refractivity contribution in [3.05, 3.63) is 53.1 Å². The van der Waals surface area contributed by atoms with E-state index in [0.717, 1.165) is 41.6 Å². The Morgan fingerprint density at radius 3 is 3.11 bits per heavy atom. The van der Waals surface area contributed by atoms with Crippen LogP contribution in [-0.2, 0) is 11.2 Å². The molecule has 0 aliphatic carbocycles. The molecule has 0 saturated carbocycles. The summed E-state index contributed by atoms with van der Waals surface area (Å²) in [6.45, 7) is 3.86. The van der Waals surface area contributed by atoms with E-state index < -0.39 is 0 Å². The highest BCUT2D eigenvalue weighted by Crippen LogP contribution is 2.32. The Labute approximate surface area is 161 Å². The van der Waals surface area contributed by atoms with Gasteiger partial charge in [0, 0.05) is 39.7 Å². The van der Waals surface area contributed by atoms with Crippen LogP contribution in [0, 0.1) is 0 Å². The number of H-pyrrole nitrogens is 1. The number of hydrogen-bond donors (Lipinski definition) is 2. The van der Waals surface area contributed by atoms with Crippen molar-refractivity contribution in [1.82, 2.24) is 9.88 Å². The number of aliphatic imine (C=N–C) groups is 1. The fourth-order valence-corrected chi connectivity index (χ4v) is 4.80. The third kappa shape index (κ3) is 2.80. The average Bonchev–Trinajstić information content (AvgIpc) is 3.36. The Morgan fingerprint density at radius 2 is 2.22 bits per heavy atom. The quantitative estimate of drug-likeness (QED) is 0.706. The largest absolute Gasteiger partial charge is 0.354 e. The minimum Gasteiger partial charge on any atom is -0.354 e. The fourth-order valence-electron chi connectivity index (χ4n) is 3.85. The normalized spacial score (nSPS) is 16.0. The third-order valence-corrected chi connectivity index (χ3v) is 6.13. The molecule has 2 aliphatic heterocycles. The van der Waals surface area contributed by atoms with Crippen molar-refractivity contribution < 1.29 is 4.79 Å². The number of aromatic amines is 1. The van der Waals surface area contributed by atoms with Crippen LogP contribution in [0.1, 0.15) is 18.9 Å². The first-order valence-electron chi connectivity index (χ1n) is 9.24. The number of aryl methyl sites for hydroxylation is 1. The van der Waals surface area contributed by atoms with Crippen molar-refractivity contribution in [3.8, 4) is 0 Å². The molecule has 0 atom stereocenters. The van der Waals surface area contributed by atoms with E-state index in [1.54, 1.807) is 11.8 Å². The van der Waals surface area contributed by atoms with Crippen LogP contribution in [0.4, 0.5) is 5.69 Å². The lowest BCUT2D eigenvalue weighted by molar-refractivity contribution is -0.115. The number of rotatable bonds is 4. The number of carbonyl (C=O) groups is 1. The number of fused-ring (bicyclic) bond motifs is 4. The summed E-state index contributed by atoms with van der Waals surface area (Å²) < 4.78 is 0. The van der Waals surface area contributed by atoms with Gasteiger partial charge in [-0.2, -0.15) is 0 Å². The zero-order valence-electron chi connectivity index (χ0n) is 15.1. The highest BCUT2D eigenvalue weighted by Gasteiger charge is 2.27. The zero-order chi connectivity index (χ0) is 18.4. The predicted octanol–water partition coefficient (Wildman–Crippen LogP) is 4.47. The highest BCUT2D eigenvalue weighted by atomic mass is 32.2. The number of benzene rings is 2. The van der Waals surface area contributed by atoms with Crippen LogP contribution < -0.4 is 5.32 Å². The SMILES string of the molecule is CCc1cccc2c1[nH]c1cc(NC(=O)CC3=CSC4=NCCN34)ccc12. The van der Waals surface area contributed by atoms with Gasteiger partial charge in [-0.1, -0.05) is 43.0 Å². The van der Waals surface area contributed by atoms with E-state index in [9.17, 15) is 4.79 Å². The van der Waals surface area contributed by atoms with Crippen LogP contribution >= 0.6 is 11.8 Å². The first-order chi connectivity index (χ1) is 13.2. The van der Waals surface area contributed by atoms with E-state index in [2.05, 4.69) is 51.4 Å². The molecule has 136 valence electrons. The van der Waals surface area contributed by atoms with Crippen LogP contribution in [0.25, 0.3) is 21.8 Å². The van der Waals surface area contributed by atoms with Crippen LogP contribution in [0.15, 0.2) is 52.5 Å². The summed E-state index contributed by atoms with van der Waals surface area (Å²) in [5.74, 6) is -0.000270. The molecule has 27 heavy (non-hydrogen) atoms. The van der Waals surface area contributed by atoms with E-state index in [1.165, 1.54) is 21.9 Å². The Kier molecular flexibility index (Phi) is 3.93.